The third kappa shape index (κ3) is 3.37. The standard InChI is InChI=1S/C20H27N3O3/c1-26-17-7-3-15(4-8-17)13-22-12-10-20(18(22)24)9-2-11-23(14-20)19(25)21-16-5-6-16/h3-4,7-8,16H,2,5-6,9-14H2,1H3,(H,21,25)/t20-/m1/s1. The van der Waals surface area contributed by atoms with Gasteiger partial charge in [0.05, 0.1) is 12.5 Å². The Labute approximate surface area is 154 Å². The van der Waals surface area contributed by atoms with Crippen molar-refractivity contribution in [2.75, 3.05) is 26.7 Å². The average Bonchev–Trinajstić information content (AvgIpc) is 3.44. The number of methoxy groups -OCH3 is 1. The number of hydrogen-bond donors (Lipinski definition) is 1. The fourth-order valence-electron chi connectivity index (χ4n) is 4.17. The molecule has 2 heterocycles. The van der Waals surface area contributed by atoms with Crippen molar-refractivity contribution in [3.05, 3.63) is 29.8 Å². The summed E-state index contributed by atoms with van der Waals surface area (Å²) in [6.45, 7) is 2.71. The van der Waals surface area contributed by atoms with Gasteiger partial charge in [-0.1, -0.05) is 12.1 Å². The normalized spacial score (nSPS) is 25.7. The molecule has 2 aliphatic heterocycles. The van der Waals surface area contributed by atoms with Gasteiger partial charge in [0.2, 0.25) is 5.91 Å². The Morgan fingerprint density at radius 1 is 1.23 bits per heavy atom. The van der Waals surface area contributed by atoms with Crippen molar-refractivity contribution < 1.29 is 14.3 Å². The molecule has 6 nitrogen and oxygen atoms in total. The largest absolute Gasteiger partial charge is 0.497 e. The van der Waals surface area contributed by atoms with Crippen LogP contribution in [0.4, 0.5) is 4.79 Å². The Morgan fingerprint density at radius 2 is 2.00 bits per heavy atom. The highest BCUT2D eigenvalue weighted by molar-refractivity contribution is 5.86. The van der Waals surface area contributed by atoms with Crippen LogP contribution < -0.4 is 10.1 Å². The highest BCUT2D eigenvalue weighted by Crippen LogP contribution is 2.40. The number of likely N-dealkylation sites (tertiary alicyclic amines) is 2. The number of hydrogen-bond acceptors (Lipinski definition) is 3. The lowest BCUT2D eigenvalue weighted by Gasteiger charge is -2.39. The van der Waals surface area contributed by atoms with Crippen molar-refractivity contribution in [1.82, 2.24) is 15.1 Å². The van der Waals surface area contributed by atoms with Gasteiger partial charge >= 0.3 is 6.03 Å². The van der Waals surface area contributed by atoms with Crippen LogP contribution in [0.5, 0.6) is 5.75 Å². The molecule has 1 saturated carbocycles. The van der Waals surface area contributed by atoms with Gasteiger partial charge in [-0.25, -0.2) is 4.79 Å². The van der Waals surface area contributed by atoms with E-state index in [1.807, 2.05) is 34.1 Å². The second kappa shape index (κ2) is 6.82. The van der Waals surface area contributed by atoms with E-state index in [9.17, 15) is 9.59 Å². The summed E-state index contributed by atoms with van der Waals surface area (Å²) in [5, 5.41) is 3.06. The second-order valence-electron chi connectivity index (χ2n) is 7.85. The van der Waals surface area contributed by atoms with Crippen LogP contribution in [-0.2, 0) is 11.3 Å². The summed E-state index contributed by atoms with van der Waals surface area (Å²) < 4.78 is 5.19. The van der Waals surface area contributed by atoms with Gasteiger partial charge < -0.3 is 19.9 Å². The van der Waals surface area contributed by atoms with Crippen LogP contribution >= 0.6 is 0 Å². The Morgan fingerprint density at radius 3 is 2.69 bits per heavy atom. The molecule has 3 fully saturated rings. The first-order chi connectivity index (χ1) is 12.6. The quantitative estimate of drug-likeness (QED) is 0.900. The monoisotopic (exact) mass is 357 g/mol. The number of amides is 3. The van der Waals surface area contributed by atoms with E-state index in [-0.39, 0.29) is 17.4 Å². The van der Waals surface area contributed by atoms with Crippen LogP contribution in [0.1, 0.15) is 37.7 Å². The third-order valence-corrected chi connectivity index (χ3v) is 5.90. The molecular weight excluding hydrogens is 330 g/mol. The third-order valence-electron chi connectivity index (χ3n) is 5.90. The summed E-state index contributed by atoms with van der Waals surface area (Å²) in [6, 6.07) is 8.23. The summed E-state index contributed by atoms with van der Waals surface area (Å²) in [4.78, 5) is 29.4. The summed E-state index contributed by atoms with van der Waals surface area (Å²) in [5.74, 6) is 1.03. The minimum atomic E-state index is -0.383. The van der Waals surface area contributed by atoms with Crippen molar-refractivity contribution in [2.24, 2.45) is 5.41 Å². The first kappa shape index (κ1) is 17.2. The number of urea groups is 1. The van der Waals surface area contributed by atoms with E-state index in [2.05, 4.69) is 5.32 Å². The molecule has 4 rings (SSSR count). The fourth-order valence-corrected chi connectivity index (χ4v) is 4.17. The molecule has 0 unspecified atom stereocenters. The number of nitrogens with one attached hydrogen (secondary N) is 1. The van der Waals surface area contributed by atoms with Crippen molar-refractivity contribution in [1.29, 1.82) is 0 Å². The molecular formula is C20H27N3O3. The molecule has 1 aliphatic carbocycles. The topological polar surface area (TPSA) is 61.9 Å². The van der Waals surface area contributed by atoms with E-state index in [0.717, 1.165) is 56.5 Å². The zero-order chi connectivity index (χ0) is 18.1. The molecule has 1 N–H and O–H groups in total. The van der Waals surface area contributed by atoms with Crippen molar-refractivity contribution in [3.63, 3.8) is 0 Å². The molecule has 1 aromatic carbocycles. The van der Waals surface area contributed by atoms with Crippen molar-refractivity contribution in [2.45, 2.75) is 44.7 Å². The Bertz CT molecular complexity index is 686. The molecule has 0 aromatic heterocycles. The van der Waals surface area contributed by atoms with E-state index in [0.29, 0.717) is 19.1 Å². The highest BCUT2D eigenvalue weighted by atomic mass is 16.5. The average molecular weight is 357 g/mol. The Balaban J connectivity index is 1.40. The zero-order valence-electron chi connectivity index (χ0n) is 15.4. The van der Waals surface area contributed by atoms with E-state index >= 15 is 0 Å². The zero-order valence-corrected chi connectivity index (χ0v) is 15.4. The van der Waals surface area contributed by atoms with Gasteiger partial charge in [-0.05, 0) is 49.8 Å². The van der Waals surface area contributed by atoms with E-state index in [1.165, 1.54) is 0 Å². The number of piperidine rings is 1. The predicted octanol–water partition coefficient (Wildman–Crippen LogP) is 2.38. The van der Waals surface area contributed by atoms with Gasteiger partial charge in [-0.2, -0.15) is 0 Å². The second-order valence-corrected chi connectivity index (χ2v) is 7.85. The van der Waals surface area contributed by atoms with Crippen LogP contribution in [-0.4, -0.2) is 54.5 Å². The number of rotatable bonds is 4. The summed E-state index contributed by atoms with van der Waals surface area (Å²) in [7, 11) is 1.65. The molecule has 1 spiro atoms. The molecule has 140 valence electrons. The molecule has 2 saturated heterocycles. The summed E-state index contributed by atoms with van der Waals surface area (Å²) in [6.07, 6.45) is 4.80. The number of carbonyl (C=O) groups excluding carboxylic acids is 2. The number of ether oxygens (including phenoxy) is 1. The van der Waals surface area contributed by atoms with Crippen molar-refractivity contribution >= 4 is 11.9 Å². The number of nitrogens with zero attached hydrogens (tertiary/aromatic N) is 2. The maximum absolute atomic E-state index is 13.2. The maximum atomic E-state index is 13.2. The highest BCUT2D eigenvalue weighted by Gasteiger charge is 2.49. The van der Waals surface area contributed by atoms with E-state index in [1.54, 1.807) is 7.11 Å². The molecule has 3 amide bonds. The Kier molecular flexibility index (Phi) is 4.51. The van der Waals surface area contributed by atoms with Gasteiger partial charge in [-0.15, -0.1) is 0 Å². The molecule has 26 heavy (non-hydrogen) atoms. The molecule has 0 radical (unpaired) electrons. The van der Waals surface area contributed by atoms with Crippen LogP contribution in [0.25, 0.3) is 0 Å². The van der Waals surface area contributed by atoms with Gasteiger partial charge in [0.1, 0.15) is 5.75 Å². The van der Waals surface area contributed by atoms with Crippen LogP contribution in [0.15, 0.2) is 24.3 Å². The van der Waals surface area contributed by atoms with Crippen LogP contribution in [0.2, 0.25) is 0 Å². The lowest BCUT2D eigenvalue weighted by molar-refractivity contribution is -0.138. The molecule has 6 heteroatoms. The minimum Gasteiger partial charge on any atom is -0.497 e. The molecule has 1 atom stereocenters. The first-order valence-electron chi connectivity index (χ1n) is 9.57. The number of carbonyl (C=O) groups is 2. The van der Waals surface area contributed by atoms with Gasteiger partial charge in [0, 0.05) is 32.2 Å². The van der Waals surface area contributed by atoms with Crippen LogP contribution in [0.3, 0.4) is 0 Å². The SMILES string of the molecule is COc1ccc(CN2CC[C@@]3(CCCN(C(=O)NC4CC4)C3)C2=O)cc1. The smallest absolute Gasteiger partial charge is 0.317 e. The van der Waals surface area contributed by atoms with E-state index in [4.69, 9.17) is 4.74 Å². The molecule has 1 aromatic rings. The summed E-state index contributed by atoms with van der Waals surface area (Å²) >= 11 is 0. The predicted molar refractivity (Wildman–Crippen MR) is 97.8 cm³/mol. The minimum absolute atomic E-state index is 0.00739. The van der Waals surface area contributed by atoms with Gasteiger partial charge in [-0.3, -0.25) is 4.79 Å². The molecule has 3 aliphatic rings. The molecule has 0 bridgehead atoms. The van der Waals surface area contributed by atoms with Gasteiger partial charge in [0.25, 0.3) is 0 Å². The van der Waals surface area contributed by atoms with Crippen LogP contribution in [0, 0.1) is 5.41 Å². The van der Waals surface area contributed by atoms with E-state index < -0.39 is 0 Å². The lowest BCUT2D eigenvalue weighted by atomic mass is 9.78. The van der Waals surface area contributed by atoms with Gasteiger partial charge in [0.15, 0.2) is 0 Å². The fraction of sp³-hybridized carbons (Fsp3) is 0.600. The first-order valence-corrected chi connectivity index (χ1v) is 9.57. The lowest BCUT2D eigenvalue weighted by Crippen LogP contribution is -2.52. The summed E-state index contributed by atoms with van der Waals surface area (Å²) in [5.41, 5.74) is 0.723. The Hall–Kier alpha value is -2.24. The maximum Gasteiger partial charge on any atom is 0.317 e. The van der Waals surface area contributed by atoms with Crippen molar-refractivity contribution in [3.8, 4) is 5.75 Å². The number of benzene rings is 1.